The maximum atomic E-state index is 10.6. The number of fused-ring (bicyclic) bond motifs is 3. The van der Waals surface area contributed by atoms with Crippen LogP contribution in [0.4, 0.5) is 0 Å². The molecule has 2 aromatic rings. The molecule has 0 atom stereocenters. The molecule has 0 saturated carbocycles. The number of aryl methyl sites for hydroxylation is 1. The van der Waals surface area contributed by atoms with Gasteiger partial charge in [-0.15, -0.1) is 11.3 Å². The molecule has 0 unspecified atom stereocenters. The second kappa shape index (κ2) is 4.94. The van der Waals surface area contributed by atoms with Crippen molar-refractivity contribution in [1.82, 2.24) is 14.3 Å². The number of nitrogens with zero attached hydrogens (tertiary/aromatic N) is 3. The summed E-state index contributed by atoms with van der Waals surface area (Å²) in [5.41, 5.74) is 3.70. The summed E-state index contributed by atoms with van der Waals surface area (Å²) in [5.74, 6) is -0.723. The fraction of sp³-hybridized carbons (Fsp3) is 0.538. The van der Waals surface area contributed by atoms with Crippen molar-refractivity contribution in [2.24, 2.45) is 0 Å². The summed E-state index contributed by atoms with van der Waals surface area (Å²) in [6.45, 7) is 1.99. The largest absolute Gasteiger partial charge is 0.481 e. The molecule has 0 spiro atoms. The minimum Gasteiger partial charge on any atom is -0.481 e. The van der Waals surface area contributed by atoms with Crippen LogP contribution in [0.5, 0.6) is 0 Å². The molecule has 0 radical (unpaired) electrons. The van der Waals surface area contributed by atoms with Crippen LogP contribution in [-0.4, -0.2) is 39.0 Å². The van der Waals surface area contributed by atoms with E-state index in [1.165, 1.54) is 17.1 Å². The molecule has 2 aromatic heterocycles. The predicted octanol–water partition coefficient (Wildman–Crippen LogP) is 1.79. The number of carbonyl (C=O) groups is 1. The number of hydrogen-bond donors (Lipinski definition) is 1. The van der Waals surface area contributed by atoms with E-state index in [2.05, 4.69) is 21.7 Å². The first-order chi connectivity index (χ1) is 9.15. The number of rotatable bonds is 4. The number of imidazole rings is 1. The number of aliphatic carboxylic acids is 1. The number of hydrogen-bond acceptors (Lipinski definition) is 4. The van der Waals surface area contributed by atoms with Crippen LogP contribution in [0, 0.1) is 0 Å². The second-order valence-electron chi connectivity index (χ2n) is 5.09. The minimum atomic E-state index is -0.723. The van der Waals surface area contributed by atoms with Crippen LogP contribution in [0.2, 0.25) is 0 Å². The number of carboxylic acid groups (broad SMARTS) is 1. The molecular formula is C13H17N3O2S. The number of thiazole rings is 1. The molecule has 6 heteroatoms. The Balaban J connectivity index is 1.88. The predicted molar refractivity (Wildman–Crippen MR) is 73.7 cm³/mol. The Labute approximate surface area is 115 Å². The molecule has 1 N–H and O–H groups in total. The summed E-state index contributed by atoms with van der Waals surface area (Å²) in [4.78, 5) is 18.6. The molecule has 1 aliphatic rings. The summed E-state index contributed by atoms with van der Waals surface area (Å²) >= 11 is 1.65. The van der Waals surface area contributed by atoms with Gasteiger partial charge in [0.15, 0.2) is 4.96 Å². The van der Waals surface area contributed by atoms with Crippen LogP contribution in [0.15, 0.2) is 5.38 Å². The first-order valence-corrected chi connectivity index (χ1v) is 7.40. The number of likely N-dealkylation sites (N-methyl/N-ethyl adjacent to an activating group) is 1. The van der Waals surface area contributed by atoms with E-state index in [0.717, 1.165) is 30.9 Å². The number of aromatic nitrogens is 2. The van der Waals surface area contributed by atoms with Crippen LogP contribution in [0.25, 0.3) is 4.96 Å². The van der Waals surface area contributed by atoms with E-state index in [4.69, 9.17) is 10.1 Å². The van der Waals surface area contributed by atoms with Crippen LogP contribution in [0.1, 0.15) is 29.9 Å². The lowest BCUT2D eigenvalue weighted by Crippen LogP contribution is -2.27. The fourth-order valence-electron chi connectivity index (χ4n) is 2.61. The van der Waals surface area contributed by atoms with Crippen molar-refractivity contribution in [1.29, 1.82) is 0 Å². The van der Waals surface area contributed by atoms with Crippen molar-refractivity contribution in [2.45, 2.75) is 32.2 Å². The molecule has 0 fully saturated rings. The van der Waals surface area contributed by atoms with Gasteiger partial charge in [0.2, 0.25) is 0 Å². The average Bonchev–Trinajstić information content (AvgIpc) is 2.89. The topological polar surface area (TPSA) is 57.8 Å². The maximum absolute atomic E-state index is 10.6. The molecule has 0 aromatic carbocycles. The Bertz CT molecular complexity index is 617. The van der Waals surface area contributed by atoms with Gasteiger partial charge in [-0.1, -0.05) is 0 Å². The van der Waals surface area contributed by atoms with Crippen LogP contribution >= 0.6 is 11.3 Å². The van der Waals surface area contributed by atoms with Crippen molar-refractivity contribution in [3.63, 3.8) is 0 Å². The zero-order chi connectivity index (χ0) is 13.4. The Morgan fingerprint density at radius 2 is 2.42 bits per heavy atom. The summed E-state index contributed by atoms with van der Waals surface area (Å²) < 4.78 is 2.23. The van der Waals surface area contributed by atoms with Crippen LogP contribution < -0.4 is 0 Å². The van der Waals surface area contributed by atoms with Crippen molar-refractivity contribution in [3.8, 4) is 0 Å². The summed E-state index contributed by atoms with van der Waals surface area (Å²) in [7, 11) is 2.12. The highest BCUT2D eigenvalue weighted by atomic mass is 32.1. The highest BCUT2D eigenvalue weighted by Gasteiger charge is 2.21. The highest BCUT2D eigenvalue weighted by Crippen LogP contribution is 2.26. The van der Waals surface area contributed by atoms with Gasteiger partial charge in [0.1, 0.15) is 0 Å². The standard InChI is InChI=1S/C13H17N3O2S/c1-15-6-5-10-11(7-15)16-9(3-2-4-12(17)18)8-19-13(16)14-10/h8H,2-7H2,1H3,(H,17,18). The smallest absolute Gasteiger partial charge is 0.303 e. The van der Waals surface area contributed by atoms with E-state index in [9.17, 15) is 4.79 Å². The van der Waals surface area contributed by atoms with Gasteiger partial charge >= 0.3 is 5.97 Å². The maximum Gasteiger partial charge on any atom is 0.303 e. The van der Waals surface area contributed by atoms with Gasteiger partial charge in [-0.25, -0.2) is 4.98 Å². The highest BCUT2D eigenvalue weighted by molar-refractivity contribution is 7.15. The molecule has 0 amide bonds. The number of carboxylic acids is 1. The van der Waals surface area contributed by atoms with Crippen molar-refractivity contribution < 1.29 is 9.90 Å². The normalized spacial score (nSPS) is 15.8. The third kappa shape index (κ3) is 2.37. The Kier molecular flexibility index (Phi) is 3.28. The summed E-state index contributed by atoms with van der Waals surface area (Å²) in [5, 5.41) is 10.8. The second-order valence-corrected chi connectivity index (χ2v) is 5.92. The van der Waals surface area contributed by atoms with E-state index in [1.54, 1.807) is 11.3 Å². The molecule has 0 aliphatic carbocycles. The first kappa shape index (κ1) is 12.6. The van der Waals surface area contributed by atoms with Gasteiger partial charge in [0.05, 0.1) is 11.4 Å². The molecule has 5 nitrogen and oxygen atoms in total. The van der Waals surface area contributed by atoms with E-state index >= 15 is 0 Å². The summed E-state index contributed by atoms with van der Waals surface area (Å²) in [6, 6.07) is 0. The van der Waals surface area contributed by atoms with Crippen molar-refractivity contribution in [2.75, 3.05) is 13.6 Å². The molecule has 3 rings (SSSR count). The Morgan fingerprint density at radius 1 is 1.58 bits per heavy atom. The van der Waals surface area contributed by atoms with Gasteiger partial charge in [-0.3, -0.25) is 9.20 Å². The van der Waals surface area contributed by atoms with Gasteiger partial charge < -0.3 is 10.0 Å². The van der Waals surface area contributed by atoms with Crippen molar-refractivity contribution in [3.05, 3.63) is 22.5 Å². The molecule has 0 bridgehead atoms. The van der Waals surface area contributed by atoms with Gasteiger partial charge in [-0.05, 0) is 19.9 Å². The zero-order valence-electron chi connectivity index (χ0n) is 10.9. The lowest BCUT2D eigenvalue weighted by molar-refractivity contribution is -0.137. The van der Waals surface area contributed by atoms with Crippen LogP contribution in [0.3, 0.4) is 0 Å². The molecule has 102 valence electrons. The fourth-order valence-corrected chi connectivity index (χ4v) is 3.57. The Morgan fingerprint density at radius 3 is 3.21 bits per heavy atom. The molecule has 1 aliphatic heterocycles. The van der Waals surface area contributed by atoms with Gasteiger partial charge in [0.25, 0.3) is 0 Å². The monoisotopic (exact) mass is 279 g/mol. The SMILES string of the molecule is CN1CCc2nc3scc(CCCC(=O)O)n3c2C1. The van der Waals surface area contributed by atoms with Crippen LogP contribution in [-0.2, 0) is 24.2 Å². The quantitative estimate of drug-likeness (QED) is 0.927. The lowest BCUT2D eigenvalue weighted by Gasteiger charge is -2.22. The minimum absolute atomic E-state index is 0.230. The van der Waals surface area contributed by atoms with Gasteiger partial charge in [0, 0.05) is 37.0 Å². The van der Waals surface area contributed by atoms with E-state index in [-0.39, 0.29) is 6.42 Å². The molecular weight excluding hydrogens is 262 g/mol. The third-order valence-electron chi connectivity index (χ3n) is 3.59. The van der Waals surface area contributed by atoms with E-state index < -0.39 is 5.97 Å². The van der Waals surface area contributed by atoms with E-state index in [1.807, 2.05) is 0 Å². The van der Waals surface area contributed by atoms with Gasteiger partial charge in [-0.2, -0.15) is 0 Å². The molecule has 19 heavy (non-hydrogen) atoms. The molecule has 0 saturated heterocycles. The average molecular weight is 279 g/mol. The van der Waals surface area contributed by atoms with E-state index in [0.29, 0.717) is 6.42 Å². The lowest BCUT2D eigenvalue weighted by atomic mass is 10.1. The summed E-state index contributed by atoms with van der Waals surface area (Å²) in [6.07, 6.45) is 2.73. The zero-order valence-corrected chi connectivity index (χ0v) is 11.7. The Hall–Kier alpha value is -1.40. The first-order valence-electron chi connectivity index (χ1n) is 6.52. The molecule has 3 heterocycles. The third-order valence-corrected chi connectivity index (χ3v) is 4.46. The van der Waals surface area contributed by atoms with Crippen molar-refractivity contribution >= 4 is 22.3 Å².